The minimum atomic E-state index is -0.732. The Hall–Kier alpha value is -4.07. The second-order valence-electron chi connectivity index (χ2n) is 6.60. The number of hydrogen-bond acceptors (Lipinski definition) is 5. The van der Waals surface area contributed by atoms with Gasteiger partial charge < -0.3 is 14.5 Å². The van der Waals surface area contributed by atoms with Crippen LogP contribution in [0, 0.1) is 0 Å². The number of nitrogens with one attached hydrogen (secondary N) is 3. The van der Waals surface area contributed by atoms with E-state index in [9.17, 15) is 14.4 Å². The van der Waals surface area contributed by atoms with E-state index in [1.165, 1.54) is 19.2 Å². The second-order valence-corrected chi connectivity index (χ2v) is 6.60. The first-order valence-corrected chi connectivity index (χ1v) is 9.73. The van der Waals surface area contributed by atoms with Gasteiger partial charge in [-0.25, -0.2) is 0 Å². The number of aromatic nitrogens is 1. The molecule has 0 aliphatic heterocycles. The van der Waals surface area contributed by atoms with Gasteiger partial charge in [0.25, 0.3) is 17.4 Å². The van der Waals surface area contributed by atoms with Gasteiger partial charge >= 0.3 is 0 Å². The predicted molar refractivity (Wildman–Crippen MR) is 116 cm³/mol. The number of hydrazine groups is 1. The maximum absolute atomic E-state index is 12.4. The van der Waals surface area contributed by atoms with E-state index in [1.807, 2.05) is 37.3 Å². The summed E-state index contributed by atoms with van der Waals surface area (Å²) in [6.45, 7) is 2.51. The normalized spacial score (nSPS) is 10.3. The molecule has 1 heterocycles. The summed E-state index contributed by atoms with van der Waals surface area (Å²) in [6, 6.07) is 17.0. The average Bonchev–Trinajstić information content (AvgIpc) is 2.81. The maximum Gasteiger partial charge on any atom is 0.275 e. The molecule has 3 aromatic rings. The molecule has 0 aliphatic carbocycles. The van der Waals surface area contributed by atoms with E-state index in [-0.39, 0.29) is 11.1 Å². The molecule has 0 saturated heterocycles. The molecule has 3 N–H and O–H groups in total. The minimum Gasteiger partial charge on any atom is -0.493 e. The Bertz CT molecular complexity index is 1130. The van der Waals surface area contributed by atoms with Gasteiger partial charge in [0, 0.05) is 11.3 Å². The standard InChI is InChI=1S/C23H23N3O5/c1-3-13-31-19-12-9-16(14-20(19)30-2)21(27)25-26-23(29)17-10-11-18(24-22(17)28)15-7-5-4-6-8-15/h4-12,14H,3,13H2,1-2H3,(H,24,28)(H,25,27)(H,26,29). The molecule has 8 nitrogen and oxygen atoms in total. The van der Waals surface area contributed by atoms with E-state index in [2.05, 4.69) is 15.8 Å². The Balaban J connectivity index is 1.66. The topological polar surface area (TPSA) is 110 Å². The number of rotatable bonds is 7. The van der Waals surface area contributed by atoms with Gasteiger partial charge in [0.05, 0.1) is 13.7 Å². The van der Waals surface area contributed by atoms with Crippen LogP contribution in [0.5, 0.6) is 11.5 Å². The second kappa shape index (κ2) is 10.1. The molecule has 0 atom stereocenters. The number of amides is 2. The smallest absolute Gasteiger partial charge is 0.275 e. The Morgan fingerprint density at radius 3 is 2.35 bits per heavy atom. The molecule has 0 bridgehead atoms. The van der Waals surface area contributed by atoms with Crippen LogP contribution in [0.1, 0.15) is 34.1 Å². The fraction of sp³-hybridized carbons (Fsp3) is 0.174. The number of ether oxygens (including phenoxy) is 2. The molecule has 3 rings (SSSR count). The zero-order valence-corrected chi connectivity index (χ0v) is 17.2. The first-order valence-electron chi connectivity index (χ1n) is 9.73. The highest BCUT2D eigenvalue weighted by Gasteiger charge is 2.15. The van der Waals surface area contributed by atoms with Crippen LogP contribution < -0.4 is 25.9 Å². The van der Waals surface area contributed by atoms with Crippen molar-refractivity contribution in [3.63, 3.8) is 0 Å². The number of benzene rings is 2. The number of hydrogen-bond donors (Lipinski definition) is 3. The van der Waals surface area contributed by atoms with Crippen LogP contribution in [0.3, 0.4) is 0 Å². The Morgan fingerprint density at radius 1 is 0.935 bits per heavy atom. The van der Waals surface area contributed by atoms with Crippen molar-refractivity contribution < 1.29 is 19.1 Å². The number of methoxy groups -OCH3 is 1. The van der Waals surface area contributed by atoms with Crippen molar-refractivity contribution in [3.05, 3.63) is 82.1 Å². The van der Waals surface area contributed by atoms with Gasteiger partial charge in [0.1, 0.15) is 5.56 Å². The monoisotopic (exact) mass is 421 g/mol. The van der Waals surface area contributed by atoms with E-state index in [4.69, 9.17) is 9.47 Å². The molecule has 0 aliphatic rings. The molecule has 160 valence electrons. The maximum atomic E-state index is 12.4. The van der Waals surface area contributed by atoms with Gasteiger partial charge in [0.2, 0.25) is 0 Å². The highest BCUT2D eigenvalue weighted by atomic mass is 16.5. The van der Waals surface area contributed by atoms with Crippen molar-refractivity contribution in [1.29, 1.82) is 0 Å². The molecule has 0 fully saturated rings. The minimum absolute atomic E-state index is 0.124. The Morgan fingerprint density at radius 2 is 1.68 bits per heavy atom. The summed E-state index contributed by atoms with van der Waals surface area (Å²) in [5, 5.41) is 0. The van der Waals surface area contributed by atoms with E-state index in [0.29, 0.717) is 23.8 Å². The first kappa shape index (κ1) is 21.6. The molecule has 31 heavy (non-hydrogen) atoms. The number of carbonyl (C=O) groups is 2. The van der Waals surface area contributed by atoms with Crippen LogP contribution >= 0.6 is 0 Å². The van der Waals surface area contributed by atoms with E-state index < -0.39 is 17.4 Å². The number of carbonyl (C=O) groups excluding carboxylic acids is 2. The van der Waals surface area contributed by atoms with Crippen LogP contribution in [0.2, 0.25) is 0 Å². The quantitative estimate of drug-likeness (QED) is 0.508. The third-order valence-electron chi connectivity index (χ3n) is 4.42. The number of pyridine rings is 1. The summed E-state index contributed by atoms with van der Waals surface area (Å²) in [5.41, 5.74) is 5.53. The molecular formula is C23H23N3O5. The fourth-order valence-electron chi connectivity index (χ4n) is 2.83. The third kappa shape index (κ3) is 5.30. The molecule has 2 aromatic carbocycles. The van der Waals surface area contributed by atoms with Gasteiger partial charge in [0.15, 0.2) is 11.5 Å². The van der Waals surface area contributed by atoms with Crippen LogP contribution in [0.25, 0.3) is 11.3 Å². The Kier molecular flexibility index (Phi) is 7.05. The highest BCUT2D eigenvalue weighted by Crippen LogP contribution is 2.28. The lowest BCUT2D eigenvalue weighted by molar-refractivity contribution is 0.0845. The molecule has 0 radical (unpaired) electrons. The molecular weight excluding hydrogens is 398 g/mol. The van der Waals surface area contributed by atoms with Crippen molar-refractivity contribution in [2.75, 3.05) is 13.7 Å². The van der Waals surface area contributed by atoms with E-state index >= 15 is 0 Å². The van der Waals surface area contributed by atoms with E-state index in [0.717, 1.165) is 12.0 Å². The van der Waals surface area contributed by atoms with Crippen LogP contribution in [0.4, 0.5) is 0 Å². The van der Waals surface area contributed by atoms with Crippen molar-refractivity contribution in [3.8, 4) is 22.8 Å². The molecule has 0 spiro atoms. The Labute approximate surface area is 179 Å². The first-order chi connectivity index (χ1) is 15.0. The van der Waals surface area contributed by atoms with Crippen LogP contribution in [-0.4, -0.2) is 30.5 Å². The molecule has 2 amide bonds. The zero-order valence-electron chi connectivity index (χ0n) is 17.2. The summed E-state index contributed by atoms with van der Waals surface area (Å²) >= 11 is 0. The summed E-state index contributed by atoms with van der Waals surface area (Å²) < 4.78 is 10.8. The molecule has 8 heteroatoms. The van der Waals surface area contributed by atoms with Crippen molar-refractivity contribution in [1.82, 2.24) is 15.8 Å². The average molecular weight is 421 g/mol. The van der Waals surface area contributed by atoms with Crippen molar-refractivity contribution >= 4 is 11.8 Å². The lowest BCUT2D eigenvalue weighted by Crippen LogP contribution is -2.43. The summed E-state index contributed by atoms with van der Waals surface area (Å²) in [6.07, 6.45) is 0.836. The van der Waals surface area contributed by atoms with Gasteiger partial charge in [-0.05, 0) is 42.3 Å². The number of H-pyrrole nitrogens is 1. The van der Waals surface area contributed by atoms with Gasteiger partial charge in [-0.15, -0.1) is 0 Å². The summed E-state index contributed by atoms with van der Waals surface area (Å²) in [5.74, 6) is -0.370. The van der Waals surface area contributed by atoms with Crippen LogP contribution in [0.15, 0.2) is 65.5 Å². The SMILES string of the molecule is CCCOc1ccc(C(=O)NNC(=O)c2ccc(-c3ccccc3)[nH]c2=O)cc1OC. The molecule has 1 aromatic heterocycles. The van der Waals surface area contributed by atoms with Gasteiger partial charge in [-0.3, -0.25) is 25.2 Å². The lowest BCUT2D eigenvalue weighted by Gasteiger charge is -2.12. The van der Waals surface area contributed by atoms with Gasteiger partial charge in [-0.2, -0.15) is 0 Å². The van der Waals surface area contributed by atoms with Crippen LogP contribution in [-0.2, 0) is 0 Å². The third-order valence-corrected chi connectivity index (χ3v) is 4.42. The fourth-order valence-corrected chi connectivity index (χ4v) is 2.83. The number of aromatic amines is 1. The zero-order chi connectivity index (χ0) is 22.2. The van der Waals surface area contributed by atoms with Crippen molar-refractivity contribution in [2.24, 2.45) is 0 Å². The summed E-state index contributed by atoms with van der Waals surface area (Å²) in [7, 11) is 1.48. The van der Waals surface area contributed by atoms with Gasteiger partial charge in [-0.1, -0.05) is 37.3 Å². The summed E-state index contributed by atoms with van der Waals surface area (Å²) in [4.78, 5) is 39.7. The van der Waals surface area contributed by atoms with E-state index in [1.54, 1.807) is 18.2 Å². The molecule has 0 unspecified atom stereocenters. The molecule has 0 saturated carbocycles. The predicted octanol–water partition coefficient (Wildman–Crippen LogP) is 2.91. The largest absolute Gasteiger partial charge is 0.493 e. The lowest BCUT2D eigenvalue weighted by atomic mass is 10.1. The van der Waals surface area contributed by atoms with Crippen molar-refractivity contribution in [2.45, 2.75) is 13.3 Å². The highest BCUT2D eigenvalue weighted by molar-refractivity contribution is 5.99.